The molecule has 0 saturated carbocycles. The number of nitrogens with one attached hydrogen (secondary N) is 2. The second kappa shape index (κ2) is 15.2. The first-order valence-electron chi connectivity index (χ1n) is 20.0. The van der Waals surface area contributed by atoms with Gasteiger partial charge in [-0.2, -0.15) is 0 Å². The highest BCUT2D eigenvalue weighted by Crippen LogP contribution is 2.49. The molecular weight excluding hydrogens is 695 g/mol. The van der Waals surface area contributed by atoms with Crippen LogP contribution in [0.2, 0.25) is 0 Å². The maximum absolute atomic E-state index is 5.39. The fraction of sp³-hybridized carbons (Fsp3) is 0.154. The summed E-state index contributed by atoms with van der Waals surface area (Å²) in [6, 6.07) is 64.6. The Morgan fingerprint density at radius 1 is 0.579 bits per heavy atom. The average molecular weight is 742 g/mol. The summed E-state index contributed by atoms with van der Waals surface area (Å²) in [5, 5.41) is 9.79. The normalized spacial score (nSPS) is 18.7. The van der Waals surface area contributed by atoms with E-state index in [1.54, 1.807) is 0 Å². The first-order chi connectivity index (χ1) is 27.9. The van der Waals surface area contributed by atoms with Gasteiger partial charge in [-0.1, -0.05) is 160 Å². The molecular formula is C52H47N5. The minimum absolute atomic E-state index is 0.0880. The highest BCUT2D eigenvalue weighted by atomic mass is 15.3. The second-order valence-corrected chi connectivity index (χ2v) is 15.8. The molecule has 3 heterocycles. The molecule has 280 valence electrons. The zero-order chi connectivity index (χ0) is 38.9. The Labute approximate surface area is 335 Å². The van der Waals surface area contributed by atoms with Crippen LogP contribution in [0.5, 0.6) is 0 Å². The summed E-state index contributed by atoms with van der Waals surface area (Å²) in [5.74, 6) is 1.70. The number of aromatic nitrogens is 1. The molecule has 8 aromatic rings. The van der Waals surface area contributed by atoms with E-state index in [1.165, 1.54) is 27.4 Å². The van der Waals surface area contributed by atoms with Gasteiger partial charge in [0.2, 0.25) is 0 Å². The van der Waals surface area contributed by atoms with Gasteiger partial charge in [0.15, 0.2) is 0 Å². The van der Waals surface area contributed by atoms with E-state index >= 15 is 0 Å². The maximum atomic E-state index is 5.39. The van der Waals surface area contributed by atoms with Crippen molar-refractivity contribution in [2.45, 2.75) is 45.4 Å². The Morgan fingerprint density at radius 3 is 1.82 bits per heavy atom. The Kier molecular flexibility index (Phi) is 9.61. The fourth-order valence-electron chi connectivity index (χ4n) is 8.24. The van der Waals surface area contributed by atoms with Crippen molar-refractivity contribution in [3.8, 4) is 5.69 Å². The lowest BCUT2D eigenvalue weighted by Crippen LogP contribution is -2.44. The van der Waals surface area contributed by atoms with E-state index in [2.05, 4.69) is 219 Å². The summed E-state index contributed by atoms with van der Waals surface area (Å²) in [6.07, 6.45) is -0.270. The number of hydrogen-bond acceptors (Lipinski definition) is 4. The van der Waals surface area contributed by atoms with E-state index in [0.29, 0.717) is 0 Å². The van der Waals surface area contributed by atoms with E-state index in [0.717, 1.165) is 56.6 Å². The third-order valence-electron chi connectivity index (χ3n) is 10.9. The number of amidine groups is 1. The highest BCUT2D eigenvalue weighted by molar-refractivity contribution is 6.18. The predicted molar refractivity (Wildman–Crippen MR) is 238 cm³/mol. The minimum Gasteiger partial charge on any atom is -0.350 e. The summed E-state index contributed by atoms with van der Waals surface area (Å²) in [4.78, 5) is 10.6. The number of aliphatic imine (C=N–C) groups is 2. The summed E-state index contributed by atoms with van der Waals surface area (Å²) in [6.45, 7) is 8.83. The Bertz CT molecular complexity index is 2710. The molecule has 0 amide bonds. The predicted octanol–water partition coefficient (Wildman–Crippen LogP) is 12.2. The highest BCUT2D eigenvalue weighted by Gasteiger charge is 2.42. The number of benzene rings is 7. The summed E-state index contributed by atoms with van der Waals surface area (Å²) in [5.41, 5.74) is 12.0. The van der Waals surface area contributed by atoms with Crippen molar-refractivity contribution >= 4 is 39.0 Å². The molecule has 0 saturated heterocycles. The number of para-hydroxylation sites is 1. The topological polar surface area (TPSA) is 53.7 Å². The van der Waals surface area contributed by atoms with Crippen LogP contribution in [0, 0.1) is 5.92 Å². The van der Waals surface area contributed by atoms with E-state index in [-0.39, 0.29) is 12.3 Å². The lowest BCUT2D eigenvalue weighted by Gasteiger charge is -2.32. The lowest BCUT2D eigenvalue weighted by molar-refractivity contribution is 0.409. The zero-order valence-corrected chi connectivity index (χ0v) is 32.9. The standard InChI is InChI=1S/C48H37N5.C4H10/c1-48(36-22-12-5-13-23-36)40-31-43-39(30-41(40)49-44(48)32-16-6-2-7-17-32)38-24-14-15-25-42(38)53(43)37-28-26-35(27-29-37)47-51-45(33-18-8-3-9-19-33)50-46(52-47)34-20-10-4-11-21-34;1-4(2)3/h2-31,45-46,50H,1H3,(H,51,52);4H,1-3H3. The Hall–Kier alpha value is -6.56. The van der Waals surface area contributed by atoms with Crippen LogP contribution in [-0.4, -0.2) is 16.1 Å². The monoisotopic (exact) mass is 741 g/mol. The van der Waals surface area contributed by atoms with Gasteiger partial charge in [-0.3, -0.25) is 10.3 Å². The molecule has 0 spiro atoms. The van der Waals surface area contributed by atoms with E-state index in [1.807, 2.05) is 6.07 Å². The van der Waals surface area contributed by atoms with Gasteiger partial charge < -0.3 is 9.88 Å². The van der Waals surface area contributed by atoms with Crippen LogP contribution in [-0.2, 0) is 5.41 Å². The maximum Gasteiger partial charge on any atom is 0.131 e. The van der Waals surface area contributed by atoms with Gasteiger partial charge in [0.05, 0.1) is 27.8 Å². The van der Waals surface area contributed by atoms with Crippen molar-refractivity contribution in [3.05, 3.63) is 215 Å². The number of fused-ring (bicyclic) bond motifs is 4. The molecule has 2 aliphatic heterocycles. The third kappa shape index (κ3) is 6.74. The lowest BCUT2D eigenvalue weighted by atomic mass is 9.71. The third-order valence-corrected chi connectivity index (χ3v) is 10.9. The van der Waals surface area contributed by atoms with Crippen molar-refractivity contribution in [1.29, 1.82) is 0 Å². The average Bonchev–Trinajstić information content (AvgIpc) is 3.75. The molecule has 5 heteroatoms. The molecule has 0 radical (unpaired) electrons. The number of hydrogen-bond donors (Lipinski definition) is 2. The first-order valence-corrected chi connectivity index (χ1v) is 20.0. The van der Waals surface area contributed by atoms with E-state index in [9.17, 15) is 0 Å². The first kappa shape index (κ1) is 36.1. The molecule has 2 N–H and O–H groups in total. The SMILES string of the molecule is CC(C)C.CC1(c2ccccc2)C(c2ccccc2)=Nc2cc3c4ccccc4n(-c4ccc(C5=NC(c6ccccc6)NC(c6ccccc6)N5)cc4)c3cc21. The van der Waals surface area contributed by atoms with Crippen molar-refractivity contribution in [3.63, 3.8) is 0 Å². The molecule has 3 atom stereocenters. The minimum atomic E-state index is -0.430. The quantitative estimate of drug-likeness (QED) is 0.178. The van der Waals surface area contributed by atoms with Crippen molar-refractivity contribution in [1.82, 2.24) is 15.2 Å². The summed E-state index contributed by atoms with van der Waals surface area (Å²) >= 11 is 0. The molecule has 0 aliphatic carbocycles. The summed E-state index contributed by atoms with van der Waals surface area (Å²) < 4.78 is 2.40. The van der Waals surface area contributed by atoms with Gasteiger partial charge in [-0.05, 0) is 83.1 Å². The van der Waals surface area contributed by atoms with Gasteiger partial charge >= 0.3 is 0 Å². The zero-order valence-electron chi connectivity index (χ0n) is 32.9. The van der Waals surface area contributed by atoms with Gasteiger partial charge in [0.25, 0.3) is 0 Å². The van der Waals surface area contributed by atoms with Crippen LogP contribution in [0.15, 0.2) is 192 Å². The molecule has 2 aliphatic rings. The molecule has 3 unspecified atom stereocenters. The number of rotatable bonds is 6. The van der Waals surface area contributed by atoms with Gasteiger partial charge in [-0.25, -0.2) is 4.99 Å². The number of nitrogens with zero attached hydrogens (tertiary/aromatic N) is 3. The van der Waals surface area contributed by atoms with Crippen molar-refractivity contribution in [2.75, 3.05) is 0 Å². The van der Waals surface area contributed by atoms with Gasteiger partial charge in [0.1, 0.15) is 18.2 Å². The van der Waals surface area contributed by atoms with Crippen LogP contribution in [0.1, 0.15) is 73.4 Å². The van der Waals surface area contributed by atoms with Crippen molar-refractivity contribution in [2.24, 2.45) is 15.9 Å². The van der Waals surface area contributed by atoms with Crippen molar-refractivity contribution < 1.29 is 0 Å². The largest absolute Gasteiger partial charge is 0.350 e. The molecule has 7 aromatic carbocycles. The Morgan fingerprint density at radius 2 is 1.16 bits per heavy atom. The molecule has 1 aromatic heterocycles. The van der Waals surface area contributed by atoms with Crippen LogP contribution in [0.3, 0.4) is 0 Å². The molecule has 57 heavy (non-hydrogen) atoms. The van der Waals surface area contributed by atoms with Crippen LogP contribution in [0.4, 0.5) is 5.69 Å². The molecule has 10 rings (SSSR count). The molecule has 0 fully saturated rings. The van der Waals surface area contributed by atoms with Crippen LogP contribution < -0.4 is 10.6 Å². The molecule has 5 nitrogen and oxygen atoms in total. The van der Waals surface area contributed by atoms with Gasteiger partial charge in [-0.15, -0.1) is 0 Å². The fourth-order valence-corrected chi connectivity index (χ4v) is 8.24. The van der Waals surface area contributed by atoms with Crippen LogP contribution in [0.25, 0.3) is 27.5 Å². The van der Waals surface area contributed by atoms with E-state index in [4.69, 9.17) is 9.98 Å². The summed E-state index contributed by atoms with van der Waals surface area (Å²) in [7, 11) is 0. The second-order valence-electron chi connectivity index (χ2n) is 15.8. The van der Waals surface area contributed by atoms with Crippen LogP contribution >= 0.6 is 0 Å². The van der Waals surface area contributed by atoms with Gasteiger partial charge in [0, 0.05) is 22.0 Å². The molecule has 0 bridgehead atoms. The van der Waals surface area contributed by atoms with E-state index < -0.39 is 5.41 Å². The Balaban J connectivity index is 0.00000101. The smallest absolute Gasteiger partial charge is 0.131 e.